The molecule has 1 rings (SSSR count). The summed E-state index contributed by atoms with van der Waals surface area (Å²) in [7, 11) is 0. The molecule has 0 spiro atoms. The van der Waals surface area contributed by atoms with E-state index in [1.165, 1.54) is 32.1 Å². The first-order valence-electron chi connectivity index (χ1n) is 6.82. The number of anilines is 1. The molecular weight excluding hydrogens is 222 g/mol. The number of unbranched alkanes of at least 4 members (excludes halogenated alkanes) is 3. The maximum Gasteiger partial charge on any atom is 0.142 e. The minimum atomic E-state index is 0.469. The molecule has 0 amide bonds. The second kappa shape index (κ2) is 8.52. The van der Waals surface area contributed by atoms with Crippen LogP contribution in [0.4, 0.5) is 5.69 Å². The molecule has 0 atom stereocenters. The van der Waals surface area contributed by atoms with Crippen LogP contribution in [0.5, 0.6) is 0 Å². The van der Waals surface area contributed by atoms with E-state index < -0.39 is 0 Å². The van der Waals surface area contributed by atoms with E-state index in [0.717, 1.165) is 18.2 Å². The lowest BCUT2D eigenvalue weighted by Crippen LogP contribution is -2.02. The van der Waals surface area contributed by atoms with Crippen molar-refractivity contribution in [3.8, 4) is 6.07 Å². The molecule has 1 N–H and O–H groups in total. The summed E-state index contributed by atoms with van der Waals surface area (Å²) in [5, 5.41) is 12.1. The van der Waals surface area contributed by atoms with Crippen molar-refractivity contribution in [2.24, 2.45) is 5.92 Å². The highest BCUT2D eigenvalue weighted by Crippen LogP contribution is 2.11. The Bertz CT molecular complexity index is 380. The van der Waals surface area contributed by atoms with Crippen molar-refractivity contribution < 1.29 is 0 Å². The lowest BCUT2D eigenvalue weighted by molar-refractivity contribution is 0.523. The van der Waals surface area contributed by atoms with Gasteiger partial charge in [0.15, 0.2) is 0 Å². The van der Waals surface area contributed by atoms with E-state index in [1.54, 1.807) is 12.3 Å². The third kappa shape index (κ3) is 6.24. The van der Waals surface area contributed by atoms with Gasteiger partial charge in [-0.25, -0.2) is 4.98 Å². The van der Waals surface area contributed by atoms with E-state index in [4.69, 9.17) is 5.26 Å². The number of hydrogen-bond donors (Lipinski definition) is 1. The van der Waals surface area contributed by atoms with Gasteiger partial charge in [0.1, 0.15) is 11.8 Å². The zero-order chi connectivity index (χ0) is 13.2. The molecule has 0 aromatic carbocycles. The van der Waals surface area contributed by atoms with Gasteiger partial charge < -0.3 is 5.32 Å². The van der Waals surface area contributed by atoms with Crippen molar-refractivity contribution in [3.63, 3.8) is 0 Å². The topological polar surface area (TPSA) is 48.7 Å². The molecule has 0 saturated heterocycles. The Morgan fingerprint density at radius 1 is 1.28 bits per heavy atom. The van der Waals surface area contributed by atoms with Crippen LogP contribution >= 0.6 is 0 Å². The predicted molar refractivity (Wildman–Crippen MR) is 75.4 cm³/mol. The SMILES string of the molecule is CC(C)CCCCCCNc1ccnc(C#N)c1. The molecule has 0 fully saturated rings. The summed E-state index contributed by atoms with van der Waals surface area (Å²) in [5.41, 5.74) is 1.46. The fourth-order valence-corrected chi connectivity index (χ4v) is 1.87. The molecule has 1 aromatic rings. The summed E-state index contributed by atoms with van der Waals surface area (Å²) in [6, 6.07) is 5.74. The standard InChI is InChI=1S/C15H23N3/c1-13(2)7-5-3-4-6-9-17-14-8-10-18-15(11-14)12-16/h8,10-11,13H,3-7,9H2,1-2H3,(H,17,18). The van der Waals surface area contributed by atoms with Gasteiger partial charge in [0.2, 0.25) is 0 Å². The van der Waals surface area contributed by atoms with Gasteiger partial charge in [-0.3, -0.25) is 0 Å². The Morgan fingerprint density at radius 2 is 2.06 bits per heavy atom. The molecule has 0 aliphatic rings. The van der Waals surface area contributed by atoms with Gasteiger partial charge in [0, 0.05) is 18.4 Å². The van der Waals surface area contributed by atoms with Crippen molar-refractivity contribution >= 4 is 5.69 Å². The molecular formula is C15H23N3. The van der Waals surface area contributed by atoms with Gasteiger partial charge in [-0.1, -0.05) is 39.5 Å². The molecule has 1 heterocycles. The van der Waals surface area contributed by atoms with E-state index in [0.29, 0.717) is 5.69 Å². The third-order valence-electron chi connectivity index (χ3n) is 2.91. The Balaban J connectivity index is 2.09. The van der Waals surface area contributed by atoms with Crippen LogP contribution in [0.15, 0.2) is 18.3 Å². The summed E-state index contributed by atoms with van der Waals surface area (Å²) in [4.78, 5) is 3.94. The summed E-state index contributed by atoms with van der Waals surface area (Å²) < 4.78 is 0. The number of pyridine rings is 1. The smallest absolute Gasteiger partial charge is 0.142 e. The molecule has 0 aliphatic carbocycles. The quantitative estimate of drug-likeness (QED) is 0.705. The lowest BCUT2D eigenvalue weighted by atomic mass is 10.0. The van der Waals surface area contributed by atoms with Crippen molar-refractivity contribution in [1.82, 2.24) is 4.98 Å². The van der Waals surface area contributed by atoms with Crippen LogP contribution in [-0.4, -0.2) is 11.5 Å². The normalized spacial score (nSPS) is 10.3. The second-order valence-corrected chi connectivity index (χ2v) is 5.07. The van der Waals surface area contributed by atoms with Gasteiger partial charge >= 0.3 is 0 Å². The molecule has 98 valence electrons. The van der Waals surface area contributed by atoms with Crippen molar-refractivity contribution in [2.75, 3.05) is 11.9 Å². The molecule has 3 heteroatoms. The van der Waals surface area contributed by atoms with Gasteiger partial charge in [0.05, 0.1) is 0 Å². The molecule has 0 unspecified atom stereocenters. The number of aromatic nitrogens is 1. The average molecular weight is 245 g/mol. The summed E-state index contributed by atoms with van der Waals surface area (Å²) in [5.74, 6) is 0.823. The van der Waals surface area contributed by atoms with Crippen LogP contribution in [-0.2, 0) is 0 Å². The Kier molecular flexibility index (Phi) is 6.86. The fraction of sp³-hybridized carbons (Fsp3) is 0.600. The van der Waals surface area contributed by atoms with Gasteiger partial charge in [-0.15, -0.1) is 0 Å². The maximum atomic E-state index is 8.74. The van der Waals surface area contributed by atoms with E-state index in [2.05, 4.69) is 24.1 Å². The number of rotatable bonds is 8. The molecule has 3 nitrogen and oxygen atoms in total. The first-order chi connectivity index (χ1) is 8.72. The van der Waals surface area contributed by atoms with E-state index in [1.807, 2.05) is 12.1 Å². The Morgan fingerprint density at radius 3 is 2.78 bits per heavy atom. The second-order valence-electron chi connectivity index (χ2n) is 5.07. The van der Waals surface area contributed by atoms with Gasteiger partial charge in [-0.2, -0.15) is 5.26 Å². The highest BCUT2D eigenvalue weighted by Gasteiger charge is 1.96. The van der Waals surface area contributed by atoms with Crippen LogP contribution in [0.3, 0.4) is 0 Å². The first kappa shape index (κ1) is 14.5. The minimum Gasteiger partial charge on any atom is -0.385 e. The van der Waals surface area contributed by atoms with Crippen LogP contribution < -0.4 is 5.32 Å². The van der Waals surface area contributed by atoms with Crippen molar-refractivity contribution in [3.05, 3.63) is 24.0 Å². The maximum absolute atomic E-state index is 8.74. The zero-order valence-corrected chi connectivity index (χ0v) is 11.4. The zero-order valence-electron chi connectivity index (χ0n) is 11.4. The predicted octanol–water partition coefficient (Wildman–Crippen LogP) is 3.97. The Hall–Kier alpha value is -1.56. The number of hydrogen-bond acceptors (Lipinski definition) is 3. The summed E-state index contributed by atoms with van der Waals surface area (Å²) in [6.45, 7) is 5.52. The Labute approximate surface area is 110 Å². The van der Waals surface area contributed by atoms with E-state index in [9.17, 15) is 0 Å². The van der Waals surface area contributed by atoms with Crippen LogP contribution in [0.25, 0.3) is 0 Å². The highest BCUT2D eigenvalue weighted by atomic mass is 14.9. The van der Waals surface area contributed by atoms with E-state index >= 15 is 0 Å². The summed E-state index contributed by atoms with van der Waals surface area (Å²) in [6.07, 6.45) is 8.12. The molecule has 1 aromatic heterocycles. The minimum absolute atomic E-state index is 0.469. The third-order valence-corrected chi connectivity index (χ3v) is 2.91. The van der Waals surface area contributed by atoms with Crippen LogP contribution in [0, 0.1) is 17.2 Å². The number of nitriles is 1. The monoisotopic (exact) mass is 245 g/mol. The van der Waals surface area contributed by atoms with Gasteiger partial charge in [-0.05, 0) is 24.5 Å². The first-order valence-corrected chi connectivity index (χ1v) is 6.82. The highest BCUT2D eigenvalue weighted by molar-refractivity contribution is 5.45. The van der Waals surface area contributed by atoms with Gasteiger partial charge in [0.25, 0.3) is 0 Å². The molecule has 18 heavy (non-hydrogen) atoms. The van der Waals surface area contributed by atoms with Crippen LogP contribution in [0.1, 0.15) is 51.6 Å². The lowest BCUT2D eigenvalue weighted by Gasteiger charge is -2.07. The molecule has 0 aliphatic heterocycles. The van der Waals surface area contributed by atoms with Crippen LogP contribution in [0.2, 0.25) is 0 Å². The largest absolute Gasteiger partial charge is 0.385 e. The summed E-state index contributed by atoms with van der Waals surface area (Å²) >= 11 is 0. The van der Waals surface area contributed by atoms with E-state index in [-0.39, 0.29) is 0 Å². The molecule has 0 bridgehead atoms. The molecule has 0 saturated carbocycles. The number of nitrogens with one attached hydrogen (secondary N) is 1. The van der Waals surface area contributed by atoms with Crippen molar-refractivity contribution in [2.45, 2.75) is 46.0 Å². The average Bonchev–Trinajstić information content (AvgIpc) is 2.37. The fourth-order valence-electron chi connectivity index (χ4n) is 1.87. The molecule has 0 radical (unpaired) electrons. The number of nitrogens with zero attached hydrogens (tertiary/aromatic N) is 2. The van der Waals surface area contributed by atoms with Crippen molar-refractivity contribution in [1.29, 1.82) is 5.26 Å².